The number of amidine groups is 1. The van der Waals surface area contributed by atoms with Gasteiger partial charge in [0.1, 0.15) is 17.0 Å². The van der Waals surface area contributed by atoms with E-state index in [1.807, 2.05) is 0 Å². The summed E-state index contributed by atoms with van der Waals surface area (Å²) in [7, 11) is 1.72. The molecule has 4 aromatic rings. The van der Waals surface area contributed by atoms with Crippen molar-refractivity contribution in [1.29, 1.82) is 5.41 Å². The third kappa shape index (κ3) is 2.85. The van der Waals surface area contributed by atoms with E-state index in [0.717, 1.165) is 0 Å². The van der Waals surface area contributed by atoms with Crippen LogP contribution in [0.1, 0.15) is 5.56 Å². The predicted molar refractivity (Wildman–Crippen MR) is 103 cm³/mol. The first-order valence-electron chi connectivity index (χ1n) is 7.97. The maximum absolute atomic E-state index is 13.1. The lowest BCUT2D eigenvalue weighted by Gasteiger charge is -2.12. The van der Waals surface area contributed by atoms with Crippen LogP contribution in [0.25, 0.3) is 28.2 Å². The zero-order valence-electron chi connectivity index (χ0n) is 14.2. The lowest BCUT2D eigenvalue weighted by Crippen LogP contribution is -2.22. The van der Waals surface area contributed by atoms with Gasteiger partial charge in [0.15, 0.2) is 11.5 Å². The zero-order valence-corrected chi connectivity index (χ0v) is 15.0. The number of hydrogen-bond donors (Lipinski definition) is 2. The number of nitrogens with zero attached hydrogens (tertiary/aromatic N) is 5. The van der Waals surface area contributed by atoms with E-state index in [4.69, 9.17) is 22.7 Å². The summed E-state index contributed by atoms with van der Waals surface area (Å²) in [6.07, 6.45) is 2.96. The molecule has 3 heterocycles. The molecule has 0 saturated carbocycles. The minimum Gasteiger partial charge on any atom is -0.384 e. The van der Waals surface area contributed by atoms with Crippen LogP contribution < -0.4 is 11.3 Å². The third-order valence-electron chi connectivity index (χ3n) is 4.16. The predicted octanol–water partition coefficient (Wildman–Crippen LogP) is 2.12. The number of nitrogen functional groups attached to an aromatic ring is 1. The summed E-state index contributed by atoms with van der Waals surface area (Å²) < 4.78 is 2.97. The fourth-order valence-electron chi connectivity index (χ4n) is 2.79. The topological polar surface area (TPSA) is 115 Å². The molecular formula is C18H14ClN7O. The Morgan fingerprint density at radius 2 is 1.89 bits per heavy atom. The normalized spacial score (nSPS) is 11.0. The number of hydrogen-bond acceptors (Lipinski definition) is 5. The van der Waals surface area contributed by atoms with Crippen molar-refractivity contribution >= 4 is 28.5 Å². The fourth-order valence-corrected chi connectivity index (χ4v) is 2.90. The van der Waals surface area contributed by atoms with Crippen molar-refractivity contribution in [1.82, 2.24) is 24.3 Å². The van der Waals surface area contributed by atoms with Gasteiger partial charge in [-0.25, -0.2) is 14.5 Å². The van der Waals surface area contributed by atoms with E-state index >= 15 is 0 Å². The molecule has 1 aromatic carbocycles. The van der Waals surface area contributed by atoms with Gasteiger partial charge in [0, 0.05) is 24.4 Å². The van der Waals surface area contributed by atoms with E-state index in [9.17, 15) is 4.79 Å². The Labute approximate surface area is 158 Å². The highest BCUT2D eigenvalue weighted by Gasteiger charge is 2.17. The second-order valence-electron chi connectivity index (χ2n) is 5.91. The summed E-state index contributed by atoms with van der Waals surface area (Å²) in [5.74, 6) is 0.766. The number of aryl methyl sites for hydroxylation is 1. The smallest absolute Gasteiger partial charge is 0.270 e. The van der Waals surface area contributed by atoms with Gasteiger partial charge in [-0.2, -0.15) is 5.10 Å². The molecule has 0 atom stereocenters. The monoisotopic (exact) mass is 379 g/mol. The third-order valence-corrected chi connectivity index (χ3v) is 4.38. The average Bonchev–Trinajstić information content (AvgIpc) is 3.04. The van der Waals surface area contributed by atoms with Crippen LogP contribution >= 0.6 is 11.6 Å². The Kier molecular flexibility index (Phi) is 3.97. The van der Waals surface area contributed by atoms with Gasteiger partial charge in [-0.05, 0) is 12.1 Å². The minimum absolute atomic E-state index is 0.0339. The van der Waals surface area contributed by atoms with E-state index in [1.54, 1.807) is 48.1 Å². The van der Waals surface area contributed by atoms with Crippen molar-refractivity contribution in [2.45, 2.75) is 0 Å². The lowest BCUT2D eigenvalue weighted by molar-refractivity contribution is 0.783. The number of nitrogens with two attached hydrogens (primary N) is 1. The number of aromatic nitrogens is 5. The van der Waals surface area contributed by atoms with Crippen molar-refractivity contribution in [3.05, 3.63) is 69.7 Å². The number of fused-ring (bicyclic) bond motifs is 1. The van der Waals surface area contributed by atoms with Crippen LogP contribution in [-0.2, 0) is 7.05 Å². The molecule has 0 aliphatic carbocycles. The molecule has 0 unspecified atom stereocenters. The Bertz CT molecular complexity index is 1220. The molecule has 0 fully saturated rings. The van der Waals surface area contributed by atoms with Crippen LogP contribution in [0.4, 0.5) is 0 Å². The summed E-state index contributed by atoms with van der Waals surface area (Å²) in [5.41, 5.74) is 6.97. The van der Waals surface area contributed by atoms with E-state index < -0.39 is 0 Å². The first kappa shape index (κ1) is 16.9. The van der Waals surface area contributed by atoms with Gasteiger partial charge in [0.2, 0.25) is 0 Å². The van der Waals surface area contributed by atoms with Crippen molar-refractivity contribution in [2.75, 3.05) is 0 Å². The number of halogens is 1. The first-order valence-corrected chi connectivity index (χ1v) is 8.35. The molecule has 0 bridgehead atoms. The first-order chi connectivity index (χ1) is 13.0. The summed E-state index contributed by atoms with van der Waals surface area (Å²) in [6.45, 7) is 0. The van der Waals surface area contributed by atoms with Crippen LogP contribution in [0.3, 0.4) is 0 Å². The molecule has 0 radical (unpaired) electrons. The van der Waals surface area contributed by atoms with Crippen LogP contribution in [-0.4, -0.2) is 30.2 Å². The molecule has 0 aliphatic heterocycles. The van der Waals surface area contributed by atoms with Gasteiger partial charge in [-0.3, -0.25) is 14.9 Å². The van der Waals surface area contributed by atoms with Gasteiger partial charge in [0.25, 0.3) is 5.56 Å². The summed E-state index contributed by atoms with van der Waals surface area (Å²) in [4.78, 5) is 22.0. The van der Waals surface area contributed by atoms with E-state index in [1.165, 1.54) is 17.0 Å². The fraction of sp³-hybridized carbons (Fsp3) is 0.0556. The van der Waals surface area contributed by atoms with Crippen molar-refractivity contribution in [3.8, 4) is 17.2 Å². The summed E-state index contributed by atoms with van der Waals surface area (Å²) in [5, 5.41) is 12.5. The maximum atomic E-state index is 13.1. The second-order valence-corrected chi connectivity index (χ2v) is 6.34. The molecule has 27 heavy (non-hydrogen) atoms. The zero-order chi connectivity index (χ0) is 19.1. The van der Waals surface area contributed by atoms with Crippen molar-refractivity contribution < 1.29 is 0 Å². The molecule has 0 saturated heterocycles. The SMILES string of the molecule is Cn1ncc2c(=O)n(-c3ccc(Cl)cn3)c(-c3ccc(C(=N)N)cc3)nc21. The lowest BCUT2D eigenvalue weighted by atomic mass is 10.1. The Hall–Kier alpha value is -3.52. The summed E-state index contributed by atoms with van der Waals surface area (Å²) >= 11 is 5.93. The molecule has 0 spiro atoms. The summed E-state index contributed by atoms with van der Waals surface area (Å²) in [6, 6.07) is 10.2. The minimum atomic E-state index is -0.284. The molecule has 134 valence electrons. The molecule has 9 heteroatoms. The number of nitrogens with one attached hydrogen (secondary N) is 1. The highest BCUT2D eigenvalue weighted by Crippen LogP contribution is 2.22. The molecule has 4 rings (SSSR count). The Morgan fingerprint density at radius 3 is 2.52 bits per heavy atom. The highest BCUT2D eigenvalue weighted by molar-refractivity contribution is 6.30. The van der Waals surface area contributed by atoms with E-state index in [2.05, 4.69) is 15.1 Å². The Morgan fingerprint density at radius 1 is 1.15 bits per heavy atom. The molecule has 0 amide bonds. The molecular weight excluding hydrogens is 366 g/mol. The molecule has 8 nitrogen and oxygen atoms in total. The molecule has 0 aliphatic rings. The second kappa shape index (κ2) is 6.33. The van der Waals surface area contributed by atoms with Crippen LogP contribution in [0, 0.1) is 5.41 Å². The average molecular weight is 380 g/mol. The largest absolute Gasteiger partial charge is 0.384 e. The van der Waals surface area contributed by atoms with Gasteiger partial charge in [0.05, 0.1) is 11.2 Å². The molecule has 3 aromatic heterocycles. The van der Waals surface area contributed by atoms with Crippen molar-refractivity contribution in [3.63, 3.8) is 0 Å². The maximum Gasteiger partial charge on any atom is 0.270 e. The van der Waals surface area contributed by atoms with Crippen LogP contribution in [0.2, 0.25) is 5.02 Å². The van der Waals surface area contributed by atoms with E-state index in [0.29, 0.717) is 38.8 Å². The van der Waals surface area contributed by atoms with Crippen LogP contribution in [0.15, 0.2) is 53.6 Å². The van der Waals surface area contributed by atoms with Gasteiger partial charge < -0.3 is 5.73 Å². The highest BCUT2D eigenvalue weighted by atomic mass is 35.5. The quantitative estimate of drug-likeness (QED) is 0.418. The van der Waals surface area contributed by atoms with E-state index in [-0.39, 0.29) is 11.4 Å². The Balaban J connectivity index is 2.03. The van der Waals surface area contributed by atoms with Crippen LogP contribution in [0.5, 0.6) is 0 Å². The van der Waals surface area contributed by atoms with Crippen molar-refractivity contribution in [2.24, 2.45) is 12.8 Å². The van der Waals surface area contributed by atoms with Gasteiger partial charge >= 0.3 is 0 Å². The molecule has 3 N–H and O–H groups in total. The standard InChI is InChI=1S/C18H14ClN7O/c1-25-17-13(9-23-25)18(27)26(14-7-6-12(19)8-22-14)16(24-17)11-4-2-10(3-5-11)15(20)21/h2-9H,1H3,(H3,20,21). The number of pyridine rings is 1. The van der Waals surface area contributed by atoms with Gasteiger partial charge in [-0.1, -0.05) is 35.9 Å². The number of rotatable bonds is 3. The van der Waals surface area contributed by atoms with Gasteiger partial charge in [-0.15, -0.1) is 0 Å². The number of benzene rings is 1.